The summed E-state index contributed by atoms with van der Waals surface area (Å²) in [5, 5.41) is 11.3. The lowest BCUT2D eigenvalue weighted by atomic mass is 10.1. The SMILES string of the molecule is CCOc1ccc(N(CC(=O)Nc2ccc(CC#N)cc2)S(C)(=O)=O)cc1. The van der Waals surface area contributed by atoms with Crippen LogP contribution in [0.15, 0.2) is 48.5 Å². The Balaban J connectivity index is 2.11. The van der Waals surface area contributed by atoms with E-state index in [1.165, 1.54) is 0 Å². The van der Waals surface area contributed by atoms with Gasteiger partial charge >= 0.3 is 0 Å². The molecule has 0 aliphatic rings. The van der Waals surface area contributed by atoms with Crippen LogP contribution in [0.3, 0.4) is 0 Å². The summed E-state index contributed by atoms with van der Waals surface area (Å²) in [5.74, 6) is 0.152. The molecule has 0 unspecified atom stereocenters. The van der Waals surface area contributed by atoms with Gasteiger partial charge in [-0.05, 0) is 48.9 Å². The second-order valence-corrected chi connectivity index (χ2v) is 7.68. The van der Waals surface area contributed by atoms with Crippen LogP contribution in [0.4, 0.5) is 11.4 Å². The van der Waals surface area contributed by atoms with E-state index in [0.29, 0.717) is 23.7 Å². The lowest BCUT2D eigenvalue weighted by molar-refractivity contribution is -0.114. The second-order valence-electron chi connectivity index (χ2n) is 5.78. The first-order chi connectivity index (χ1) is 12.8. The highest BCUT2D eigenvalue weighted by molar-refractivity contribution is 7.92. The first kappa shape index (κ1) is 20.3. The highest BCUT2D eigenvalue weighted by Crippen LogP contribution is 2.22. The van der Waals surface area contributed by atoms with Gasteiger partial charge in [-0.3, -0.25) is 9.10 Å². The predicted octanol–water partition coefficient (Wildman–Crippen LogP) is 2.56. The Hall–Kier alpha value is -3.05. The van der Waals surface area contributed by atoms with Gasteiger partial charge in [0.15, 0.2) is 0 Å². The number of nitrogens with zero attached hydrogens (tertiary/aromatic N) is 2. The van der Waals surface area contributed by atoms with E-state index in [4.69, 9.17) is 10.00 Å². The molecule has 0 saturated carbocycles. The number of nitrogens with one attached hydrogen (secondary N) is 1. The molecule has 0 aliphatic carbocycles. The van der Waals surface area contributed by atoms with Crippen molar-refractivity contribution in [2.75, 3.05) is 29.0 Å². The van der Waals surface area contributed by atoms with Crippen LogP contribution in [0.25, 0.3) is 0 Å². The van der Waals surface area contributed by atoms with E-state index in [1.807, 2.05) is 13.0 Å². The summed E-state index contributed by atoms with van der Waals surface area (Å²) in [6, 6.07) is 15.4. The first-order valence-corrected chi connectivity index (χ1v) is 10.1. The molecule has 0 fully saturated rings. The number of hydrogen-bond acceptors (Lipinski definition) is 5. The highest BCUT2D eigenvalue weighted by atomic mass is 32.2. The zero-order valence-electron chi connectivity index (χ0n) is 15.2. The van der Waals surface area contributed by atoms with Crippen LogP contribution < -0.4 is 14.4 Å². The van der Waals surface area contributed by atoms with E-state index >= 15 is 0 Å². The molecule has 0 saturated heterocycles. The zero-order chi connectivity index (χ0) is 19.9. The summed E-state index contributed by atoms with van der Waals surface area (Å²) >= 11 is 0. The molecule has 0 aromatic heterocycles. The highest BCUT2D eigenvalue weighted by Gasteiger charge is 2.21. The molecule has 142 valence electrons. The molecule has 1 amide bonds. The Labute approximate surface area is 159 Å². The molecule has 8 heteroatoms. The van der Waals surface area contributed by atoms with Crippen molar-refractivity contribution < 1.29 is 17.9 Å². The number of carbonyl (C=O) groups excluding carboxylic acids is 1. The number of benzene rings is 2. The average molecular weight is 387 g/mol. The number of anilines is 2. The molecule has 0 heterocycles. The van der Waals surface area contributed by atoms with Crippen LogP contribution in [0.2, 0.25) is 0 Å². The van der Waals surface area contributed by atoms with E-state index in [2.05, 4.69) is 5.32 Å². The maximum absolute atomic E-state index is 12.3. The van der Waals surface area contributed by atoms with Gasteiger partial charge in [0.05, 0.1) is 31.0 Å². The van der Waals surface area contributed by atoms with Crippen LogP contribution in [-0.2, 0) is 21.2 Å². The summed E-state index contributed by atoms with van der Waals surface area (Å²) in [5.41, 5.74) is 1.74. The summed E-state index contributed by atoms with van der Waals surface area (Å²) in [6.07, 6.45) is 1.33. The largest absolute Gasteiger partial charge is 0.494 e. The third-order valence-corrected chi connectivity index (χ3v) is 4.78. The maximum atomic E-state index is 12.3. The number of ether oxygens (including phenoxy) is 1. The van der Waals surface area contributed by atoms with Crippen molar-refractivity contribution in [2.45, 2.75) is 13.3 Å². The average Bonchev–Trinajstić information content (AvgIpc) is 2.62. The molecule has 2 aromatic rings. The zero-order valence-corrected chi connectivity index (χ0v) is 16.0. The van der Waals surface area contributed by atoms with Crippen LogP contribution >= 0.6 is 0 Å². The smallest absolute Gasteiger partial charge is 0.245 e. The van der Waals surface area contributed by atoms with Gasteiger partial charge in [-0.15, -0.1) is 0 Å². The number of amides is 1. The minimum atomic E-state index is -3.65. The molecule has 0 spiro atoms. The van der Waals surface area contributed by atoms with Gasteiger partial charge in [0.1, 0.15) is 12.3 Å². The standard InChI is InChI=1S/C19H21N3O4S/c1-3-26-18-10-8-17(9-11-18)22(27(2,24)25)14-19(23)21-16-6-4-15(5-7-16)12-13-20/h4-11H,3,12,14H2,1-2H3,(H,21,23). The fourth-order valence-electron chi connectivity index (χ4n) is 2.40. The normalized spacial score (nSPS) is 10.7. The topological polar surface area (TPSA) is 99.5 Å². The van der Waals surface area contributed by atoms with Crippen molar-refractivity contribution in [1.29, 1.82) is 5.26 Å². The molecule has 0 radical (unpaired) electrons. The van der Waals surface area contributed by atoms with Gasteiger partial charge in [0.25, 0.3) is 0 Å². The van der Waals surface area contributed by atoms with Crippen LogP contribution in [-0.4, -0.2) is 33.7 Å². The van der Waals surface area contributed by atoms with Gasteiger partial charge in [-0.1, -0.05) is 12.1 Å². The molecular weight excluding hydrogens is 366 g/mol. The van der Waals surface area contributed by atoms with Gasteiger partial charge < -0.3 is 10.1 Å². The summed E-state index contributed by atoms with van der Waals surface area (Å²) in [4.78, 5) is 12.3. The minimum absolute atomic E-state index is 0.286. The first-order valence-electron chi connectivity index (χ1n) is 8.30. The Morgan fingerprint density at radius 1 is 1.15 bits per heavy atom. The lowest BCUT2D eigenvalue weighted by Gasteiger charge is -2.22. The minimum Gasteiger partial charge on any atom is -0.494 e. The third kappa shape index (κ3) is 6.01. The van der Waals surface area contributed by atoms with Gasteiger partial charge in [0.2, 0.25) is 15.9 Å². The molecule has 0 atom stereocenters. The fraction of sp³-hybridized carbons (Fsp3) is 0.263. The van der Waals surface area contributed by atoms with Crippen LogP contribution in [0.5, 0.6) is 5.75 Å². The van der Waals surface area contributed by atoms with Gasteiger partial charge in [-0.25, -0.2) is 8.42 Å². The monoisotopic (exact) mass is 387 g/mol. The van der Waals surface area contributed by atoms with Crippen molar-refractivity contribution >= 4 is 27.3 Å². The quantitative estimate of drug-likeness (QED) is 0.750. The van der Waals surface area contributed by atoms with Crippen molar-refractivity contribution in [2.24, 2.45) is 0 Å². The number of carbonyl (C=O) groups is 1. The second kappa shape index (κ2) is 9.05. The third-order valence-electron chi connectivity index (χ3n) is 3.64. The number of nitriles is 1. The van der Waals surface area contributed by atoms with E-state index in [0.717, 1.165) is 16.1 Å². The Kier molecular flexibility index (Phi) is 6.79. The molecule has 1 N–H and O–H groups in total. The molecule has 27 heavy (non-hydrogen) atoms. The van der Waals surface area contributed by atoms with Crippen molar-refractivity contribution in [3.05, 3.63) is 54.1 Å². The van der Waals surface area contributed by atoms with Crippen LogP contribution in [0.1, 0.15) is 12.5 Å². The Morgan fingerprint density at radius 3 is 2.30 bits per heavy atom. The van der Waals surface area contributed by atoms with Crippen molar-refractivity contribution in [3.8, 4) is 11.8 Å². The predicted molar refractivity (Wildman–Crippen MR) is 104 cm³/mol. The molecule has 7 nitrogen and oxygen atoms in total. The molecule has 2 aromatic carbocycles. The van der Waals surface area contributed by atoms with Crippen molar-refractivity contribution in [3.63, 3.8) is 0 Å². The number of hydrogen-bond donors (Lipinski definition) is 1. The van der Waals surface area contributed by atoms with Crippen LogP contribution in [0, 0.1) is 11.3 Å². The van der Waals surface area contributed by atoms with E-state index in [-0.39, 0.29) is 13.0 Å². The lowest BCUT2D eigenvalue weighted by Crippen LogP contribution is -2.37. The maximum Gasteiger partial charge on any atom is 0.245 e. The molecule has 0 aliphatic heterocycles. The Morgan fingerprint density at radius 2 is 1.78 bits per heavy atom. The summed E-state index contributed by atoms with van der Waals surface area (Å²) in [6.45, 7) is 2.01. The summed E-state index contributed by atoms with van der Waals surface area (Å²) in [7, 11) is -3.65. The van der Waals surface area contributed by atoms with Gasteiger partial charge in [0, 0.05) is 5.69 Å². The summed E-state index contributed by atoms with van der Waals surface area (Å²) < 4.78 is 30.6. The van der Waals surface area contributed by atoms with E-state index in [1.54, 1.807) is 48.5 Å². The fourth-order valence-corrected chi connectivity index (χ4v) is 3.26. The van der Waals surface area contributed by atoms with Gasteiger partial charge in [-0.2, -0.15) is 5.26 Å². The molecular formula is C19H21N3O4S. The van der Waals surface area contributed by atoms with Crippen molar-refractivity contribution in [1.82, 2.24) is 0 Å². The Bertz CT molecular complexity index is 917. The van der Waals surface area contributed by atoms with E-state index < -0.39 is 15.9 Å². The number of sulfonamides is 1. The van der Waals surface area contributed by atoms with E-state index in [9.17, 15) is 13.2 Å². The molecule has 2 rings (SSSR count). The number of rotatable bonds is 8. The molecule has 0 bridgehead atoms.